The molecule has 2 rings (SSSR count). The summed E-state index contributed by atoms with van der Waals surface area (Å²) in [5.41, 5.74) is 1.32. The Morgan fingerprint density at radius 2 is 2.11 bits per heavy atom. The van der Waals surface area contributed by atoms with Crippen LogP contribution in [0.2, 0.25) is 0 Å². The van der Waals surface area contributed by atoms with E-state index in [1.165, 1.54) is 32.1 Å². The lowest BCUT2D eigenvalue weighted by Gasteiger charge is -2.21. The molecule has 1 aromatic carbocycles. The molecule has 0 bridgehead atoms. The molecule has 0 aromatic heterocycles. The van der Waals surface area contributed by atoms with Gasteiger partial charge in [-0.15, -0.1) is 0 Å². The molecule has 1 fully saturated rings. The first-order valence-electron chi connectivity index (χ1n) is 6.72. The van der Waals surface area contributed by atoms with E-state index in [9.17, 15) is 4.79 Å². The third-order valence-electron chi connectivity index (χ3n) is 3.55. The molecule has 0 heterocycles. The molecular formula is C15H20O3S. The molecule has 0 spiro atoms. The minimum Gasteiger partial charge on any atom is -0.496 e. The Hall–Kier alpha value is -1.16. The summed E-state index contributed by atoms with van der Waals surface area (Å²) in [6.07, 6.45) is 6.57. The van der Waals surface area contributed by atoms with Gasteiger partial charge in [0.25, 0.3) is 0 Å². The molecular weight excluding hydrogens is 260 g/mol. The quantitative estimate of drug-likeness (QED) is 0.886. The summed E-state index contributed by atoms with van der Waals surface area (Å²) in [6, 6.07) is 5.08. The lowest BCUT2D eigenvalue weighted by atomic mass is 10.0. The molecule has 1 aliphatic rings. The van der Waals surface area contributed by atoms with E-state index in [-0.39, 0.29) is 0 Å². The lowest BCUT2D eigenvalue weighted by Crippen LogP contribution is -2.08. The number of thioether (sulfide) groups is 1. The van der Waals surface area contributed by atoms with Gasteiger partial charge in [0.15, 0.2) is 0 Å². The number of methoxy groups -OCH3 is 1. The molecule has 0 atom stereocenters. The topological polar surface area (TPSA) is 46.5 Å². The first-order chi connectivity index (χ1) is 9.20. The van der Waals surface area contributed by atoms with Crippen LogP contribution in [0.4, 0.5) is 0 Å². The van der Waals surface area contributed by atoms with Gasteiger partial charge in [-0.2, -0.15) is 11.8 Å². The molecule has 104 valence electrons. The minimum absolute atomic E-state index is 0.333. The minimum atomic E-state index is -0.883. The molecule has 0 unspecified atom stereocenters. The molecule has 3 nitrogen and oxygen atoms in total. The maximum atomic E-state index is 11.0. The number of ether oxygens (including phenoxy) is 1. The van der Waals surface area contributed by atoms with Gasteiger partial charge in [-0.3, -0.25) is 0 Å². The van der Waals surface area contributed by atoms with Crippen molar-refractivity contribution in [1.29, 1.82) is 0 Å². The molecule has 4 heteroatoms. The van der Waals surface area contributed by atoms with Gasteiger partial charge in [0, 0.05) is 16.6 Å². The van der Waals surface area contributed by atoms with Crippen LogP contribution in [-0.4, -0.2) is 23.4 Å². The molecule has 0 amide bonds. The van der Waals surface area contributed by atoms with E-state index < -0.39 is 5.97 Å². The molecule has 19 heavy (non-hydrogen) atoms. The van der Waals surface area contributed by atoms with Crippen LogP contribution in [0.15, 0.2) is 18.2 Å². The average Bonchev–Trinajstić information content (AvgIpc) is 2.45. The van der Waals surface area contributed by atoms with Gasteiger partial charge >= 0.3 is 5.97 Å². The number of carbonyl (C=O) groups is 1. The molecule has 1 saturated carbocycles. The van der Waals surface area contributed by atoms with Crippen LogP contribution in [0.25, 0.3) is 0 Å². The molecule has 1 aliphatic carbocycles. The van der Waals surface area contributed by atoms with Gasteiger partial charge in [0.05, 0.1) is 12.7 Å². The van der Waals surface area contributed by atoms with Crippen molar-refractivity contribution >= 4 is 17.7 Å². The predicted octanol–water partition coefficient (Wildman–Crippen LogP) is 3.96. The zero-order valence-electron chi connectivity index (χ0n) is 11.2. The molecule has 1 N–H and O–H groups in total. The highest BCUT2D eigenvalue weighted by Gasteiger charge is 2.15. The maximum absolute atomic E-state index is 11.0. The number of hydrogen-bond donors (Lipinski definition) is 1. The van der Waals surface area contributed by atoms with E-state index in [1.807, 2.05) is 11.8 Å². The van der Waals surface area contributed by atoms with Crippen LogP contribution in [0, 0.1) is 0 Å². The van der Waals surface area contributed by atoms with Crippen LogP contribution < -0.4 is 4.74 Å². The zero-order chi connectivity index (χ0) is 13.7. The van der Waals surface area contributed by atoms with E-state index in [4.69, 9.17) is 9.84 Å². The second-order valence-corrected chi connectivity index (χ2v) is 6.19. The fourth-order valence-corrected chi connectivity index (χ4v) is 3.77. The summed E-state index contributed by atoms with van der Waals surface area (Å²) in [6.45, 7) is 0. The number of rotatable bonds is 5. The maximum Gasteiger partial charge on any atom is 0.335 e. The van der Waals surface area contributed by atoms with E-state index >= 15 is 0 Å². The Balaban J connectivity index is 2.04. The van der Waals surface area contributed by atoms with Crippen LogP contribution in [0.5, 0.6) is 5.75 Å². The van der Waals surface area contributed by atoms with Crippen LogP contribution in [0.3, 0.4) is 0 Å². The van der Waals surface area contributed by atoms with E-state index in [0.717, 1.165) is 17.1 Å². The van der Waals surface area contributed by atoms with Crippen molar-refractivity contribution in [2.24, 2.45) is 0 Å². The fraction of sp³-hybridized carbons (Fsp3) is 0.533. The lowest BCUT2D eigenvalue weighted by molar-refractivity contribution is 0.0696. The highest BCUT2D eigenvalue weighted by atomic mass is 32.2. The number of benzene rings is 1. The van der Waals surface area contributed by atoms with Crippen molar-refractivity contribution in [1.82, 2.24) is 0 Å². The van der Waals surface area contributed by atoms with Crippen molar-refractivity contribution in [2.75, 3.05) is 7.11 Å². The molecule has 0 aliphatic heterocycles. The monoisotopic (exact) mass is 280 g/mol. The van der Waals surface area contributed by atoms with Gasteiger partial charge in [-0.05, 0) is 31.0 Å². The Kier molecular flexibility index (Phi) is 5.14. The average molecular weight is 280 g/mol. The Labute approximate surface area is 118 Å². The largest absolute Gasteiger partial charge is 0.496 e. The van der Waals surface area contributed by atoms with Gasteiger partial charge in [0.1, 0.15) is 5.75 Å². The van der Waals surface area contributed by atoms with E-state index in [1.54, 1.807) is 25.3 Å². The van der Waals surface area contributed by atoms with Crippen molar-refractivity contribution in [3.8, 4) is 5.75 Å². The molecule has 1 aromatic rings. The van der Waals surface area contributed by atoms with Gasteiger partial charge in [0.2, 0.25) is 0 Å². The van der Waals surface area contributed by atoms with Gasteiger partial charge in [-0.1, -0.05) is 19.3 Å². The SMILES string of the molecule is COc1ccc(C(=O)O)cc1CSC1CCCCC1. The van der Waals surface area contributed by atoms with Crippen LogP contribution >= 0.6 is 11.8 Å². The van der Waals surface area contributed by atoms with Crippen molar-refractivity contribution in [3.05, 3.63) is 29.3 Å². The normalized spacial score (nSPS) is 16.3. The van der Waals surface area contributed by atoms with Crippen molar-refractivity contribution < 1.29 is 14.6 Å². The third kappa shape index (κ3) is 3.90. The van der Waals surface area contributed by atoms with Gasteiger partial charge in [-0.25, -0.2) is 4.79 Å². The first kappa shape index (κ1) is 14.3. The second kappa shape index (κ2) is 6.85. The highest BCUT2D eigenvalue weighted by Crippen LogP contribution is 2.33. The van der Waals surface area contributed by atoms with Crippen LogP contribution in [0.1, 0.15) is 48.0 Å². The summed E-state index contributed by atoms with van der Waals surface area (Å²) in [5.74, 6) is 0.731. The molecule has 0 saturated heterocycles. The zero-order valence-corrected chi connectivity index (χ0v) is 12.0. The smallest absolute Gasteiger partial charge is 0.335 e. The van der Waals surface area contributed by atoms with E-state index in [2.05, 4.69) is 0 Å². The summed E-state index contributed by atoms with van der Waals surface area (Å²) in [5, 5.41) is 9.76. The third-order valence-corrected chi connectivity index (χ3v) is 4.97. The van der Waals surface area contributed by atoms with E-state index in [0.29, 0.717) is 10.8 Å². The number of carboxylic acid groups (broad SMARTS) is 1. The summed E-state index contributed by atoms with van der Waals surface area (Å²) >= 11 is 1.93. The first-order valence-corrected chi connectivity index (χ1v) is 7.77. The standard InChI is InChI=1S/C15H20O3S/c1-18-14-8-7-11(15(16)17)9-12(14)10-19-13-5-3-2-4-6-13/h7-9,13H,2-6,10H2,1H3,(H,16,17). The van der Waals surface area contributed by atoms with Crippen molar-refractivity contribution in [3.63, 3.8) is 0 Å². The summed E-state index contributed by atoms with van der Waals surface area (Å²) in [4.78, 5) is 11.0. The van der Waals surface area contributed by atoms with Crippen LogP contribution in [-0.2, 0) is 5.75 Å². The Morgan fingerprint density at radius 1 is 1.37 bits per heavy atom. The van der Waals surface area contributed by atoms with Crippen molar-refractivity contribution in [2.45, 2.75) is 43.1 Å². The Morgan fingerprint density at radius 3 is 2.74 bits per heavy atom. The number of aromatic carboxylic acids is 1. The summed E-state index contributed by atoms with van der Waals surface area (Å²) < 4.78 is 5.31. The predicted molar refractivity (Wildman–Crippen MR) is 78.1 cm³/mol. The second-order valence-electron chi connectivity index (χ2n) is 4.90. The Bertz CT molecular complexity index is 439. The molecule has 0 radical (unpaired) electrons. The fourth-order valence-electron chi connectivity index (χ4n) is 2.46. The number of hydrogen-bond acceptors (Lipinski definition) is 3. The summed E-state index contributed by atoms with van der Waals surface area (Å²) in [7, 11) is 1.63. The highest BCUT2D eigenvalue weighted by molar-refractivity contribution is 7.99. The van der Waals surface area contributed by atoms with Gasteiger partial charge < -0.3 is 9.84 Å². The number of carboxylic acids is 1.